The Kier molecular flexibility index (Phi) is 4.51. The SMILES string of the molecule is CC(=O)CN(C)CC(=O)N(C)C. The molecule has 70 valence electrons. The summed E-state index contributed by atoms with van der Waals surface area (Å²) in [6.45, 7) is 2.14. The minimum Gasteiger partial charge on any atom is -0.348 e. The molecule has 0 unspecified atom stereocenters. The van der Waals surface area contributed by atoms with E-state index in [9.17, 15) is 9.59 Å². The van der Waals surface area contributed by atoms with Crippen molar-refractivity contribution in [2.75, 3.05) is 34.2 Å². The van der Waals surface area contributed by atoms with Crippen LogP contribution in [-0.2, 0) is 9.59 Å². The van der Waals surface area contributed by atoms with E-state index >= 15 is 0 Å². The van der Waals surface area contributed by atoms with E-state index in [0.717, 1.165) is 0 Å². The molecule has 0 aromatic rings. The van der Waals surface area contributed by atoms with Crippen LogP contribution >= 0.6 is 0 Å². The lowest BCUT2D eigenvalue weighted by Gasteiger charge is -2.17. The van der Waals surface area contributed by atoms with Crippen molar-refractivity contribution in [2.45, 2.75) is 6.92 Å². The molecule has 0 fully saturated rings. The number of carbonyl (C=O) groups is 2. The first-order valence-corrected chi connectivity index (χ1v) is 3.81. The number of nitrogens with zero attached hydrogens (tertiary/aromatic N) is 2. The van der Waals surface area contributed by atoms with Crippen molar-refractivity contribution >= 4 is 11.7 Å². The summed E-state index contributed by atoms with van der Waals surface area (Å²) in [5.41, 5.74) is 0. The van der Waals surface area contributed by atoms with Gasteiger partial charge in [-0.1, -0.05) is 0 Å². The van der Waals surface area contributed by atoms with Gasteiger partial charge < -0.3 is 4.90 Å². The summed E-state index contributed by atoms with van der Waals surface area (Å²) >= 11 is 0. The van der Waals surface area contributed by atoms with Crippen LogP contribution in [0.25, 0.3) is 0 Å². The quantitative estimate of drug-likeness (QED) is 0.579. The molecule has 0 radical (unpaired) electrons. The molecule has 0 spiro atoms. The van der Waals surface area contributed by atoms with Crippen LogP contribution in [0.1, 0.15) is 6.92 Å². The van der Waals surface area contributed by atoms with Gasteiger partial charge in [0, 0.05) is 14.1 Å². The second-order valence-corrected chi connectivity index (χ2v) is 3.16. The summed E-state index contributed by atoms with van der Waals surface area (Å²) < 4.78 is 0. The molecule has 0 aromatic carbocycles. The van der Waals surface area contributed by atoms with Gasteiger partial charge in [-0.25, -0.2) is 0 Å². The van der Waals surface area contributed by atoms with Crippen LogP contribution in [-0.4, -0.2) is 55.7 Å². The van der Waals surface area contributed by atoms with E-state index in [1.807, 2.05) is 0 Å². The average molecular weight is 172 g/mol. The monoisotopic (exact) mass is 172 g/mol. The fraction of sp³-hybridized carbons (Fsp3) is 0.750. The smallest absolute Gasteiger partial charge is 0.236 e. The number of Topliss-reactive ketones (excluding diaryl/α,β-unsaturated/α-hetero) is 1. The molecule has 0 aliphatic heterocycles. The molecule has 12 heavy (non-hydrogen) atoms. The molecular formula is C8H16N2O2. The zero-order valence-corrected chi connectivity index (χ0v) is 8.13. The highest BCUT2D eigenvalue weighted by atomic mass is 16.2. The predicted molar refractivity (Wildman–Crippen MR) is 46.9 cm³/mol. The van der Waals surface area contributed by atoms with Crippen molar-refractivity contribution < 1.29 is 9.59 Å². The molecule has 4 nitrogen and oxygen atoms in total. The van der Waals surface area contributed by atoms with E-state index in [1.165, 1.54) is 11.8 Å². The highest BCUT2D eigenvalue weighted by Crippen LogP contribution is 1.86. The predicted octanol–water partition coefficient (Wildman–Crippen LogP) is -0.405. The van der Waals surface area contributed by atoms with E-state index in [2.05, 4.69) is 0 Å². The zero-order chi connectivity index (χ0) is 9.72. The van der Waals surface area contributed by atoms with Crippen molar-refractivity contribution in [1.82, 2.24) is 9.80 Å². The van der Waals surface area contributed by atoms with Gasteiger partial charge in [-0.3, -0.25) is 14.5 Å². The topological polar surface area (TPSA) is 40.6 Å². The summed E-state index contributed by atoms with van der Waals surface area (Å²) in [5, 5.41) is 0. The first kappa shape index (κ1) is 11.1. The lowest BCUT2D eigenvalue weighted by molar-refractivity contribution is -0.130. The highest BCUT2D eigenvalue weighted by Gasteiger charge is 2.08. The van der Waals surface area contributed by atoms with Crippen LogP contribution < -0.4 is 0 Å². The number of amides is 1. The van der Waals surface area contributed by atoms with E-state index in [4.69, 9.17) is 0 Å². The second kappa shape index (κ2) is 4.87. The third kappa shape index (κ3) is 4.85. The molecule has 0 N–H and O–H groups in total. The fourth-order valence-corrected chi connectivity index (χ4v) is 0.808. The van der Waals surface area contributed by atoms with Gasteiger partial charge in [-0.05, 0) is 14.0 Å². The van der Waals surface area contributed by atoms with Crippen molar-refractivity contribution in [3.05, 3.63) is 0 Å². The van der Waals surface area contributed by atoms with Gasteiger partial charge in [0.2, 0.25) is 5.91 Å². The van der Waals surface area contributed by atoms with Crippen LogP contribution in [0.5, 0.6) is 0 Å². The number of rotatable bonds is 4. The summed E-state index contributed by atoms with van der Waals surface area (Å²) in [5.74, 6) is 0.0859. The van der Waals surface area contributed by atoms with Crippen LogP contribution in [0.4, 0.5) is 0 Å². The molecule has 0 aliphatic rings. The molecule has 0 heterocycles. The summed E-state index contributed by atoms with van der Waals surface area (Å²) in [6, 6.07) is 0. The molecule has 4 heteroatoms. The molecule has 0 bridgehead atoms. The van der Waals surface area contributed by atoms with Crippen LogP contribution in [0, 0.1) is 0 Å². The third-order valence-corrected chi connectivity index (χ3v) is 1.40. The van der Waals surface area contributed by atoms with Crippen molar-refractivity contribution in [2.24, 2.45) is 0 Å². The molecular weight excluding hydrogens is 156 g/mol. The van der Waals surface area contributed by atoms with E-state index in [0.29, 0.717) is 13.1 Å². The van der Waals surface area contributed by atoms with Gasteiger partial charge in [-0.2, -0.15) is 0 Å². The van der Waals surface area contributed by atoms with Crippen LogP contribution in [0.3, 0.4) is 0 Å². The summed E-state index contributed by atoms with van der Waals surface area (Å²) in [4.78, 5) is 25.0. The second-order valence-electron chi connectivity index (χ2n) is 3.16. The molecule has 0 rings (SSSR count). The van der Waals surface area contributed by atoms with Crippen molar-refractivity contribution in [3.63, 3.8) is 0 Å². The largest absolute Gasteiger partial charge is 0.348 e. The summed E-state index contributed by atoms with van der Waals surface area (Å²) in [7, 11) is 5.15. The van der Waals surface area contributed by atoms with Gasteiger partial charge in [-0.15, -0.1) is 0 Å². The Balaban J connectivity index is 3.76. The lowest BCUT2D eigenvalue weighted by Crippen LogP contribution is -2.36. The molecule has 0 aromatic heterocycles. The van der Waals surface area contributed by atoms with Gasteiger partial charge in [0.15, 0.2) is 0 Å². The molecule has 0 aliphatic carbocycles. The molecule has 0 saturated carbocycles. The Bertz CT molecular complexity index is 178. The summed E-state index contributed by atoms with van der Waals surface area (Å²) in [6.07, 6.45) is 0. The first-order chi connectivity index (χ1) is 5.43. The molecule has 0 atom stereocenters. The maximum Gasteiger partial charge on any atom is 0.236 e. The Morgan fingerprint density at radius 1 is 1.08 bits per heavy atom. The normalized spacial score (nSPS) is 10.1. The minimum absolute atomic E-state index is 0.0127. The van der Waals surface area contributed by atoms with Gasteiger partial charge in [0.25, 0.3) is 0 Å². The van der Waals surface area contributed by atoms with E-state index in [-0.39, 0.29) is 11.7 Å². The number of ketones is 1. The fourth-order valence-electron chi connectivity index (χ4n) is 0.808. The van der Waals surface area contributed by atoms with E-state index in [1.54, 1.807) is 26.0 Å². The molecule has 0 saturated heterocycles. The van der Waals surface area contributed by atoms with Crippen LogP contribution in [0.2, 0.25) is 0 Å². The Morgan fingerprint density at radius 2 is 1.58 bits per heavy atom. The number of carbonyl (C=O) groups excluding carboxylic acids is 2. The Morgan fingerprint density at radius 3 is 1.92 bits per heavy atom. The Labute approximate surface area is 73.1 Å². The maximum absolute atomic E-state index is 11.1. The number of likely N-dealkylation sites (N-methyl/N-ethyl adjacent to an activating group) is 2. The first-order valence-electron chi connectivity index (χ1n) is 3.81. The highest BCUT2D eigenvalue weighted by molar-refractivity contribution is 5.80. The van der Waals surface area contributed by atoms with Crippen molar-refractivity contribution in [1.29, 1.82) is 0 Å². The third-order valence-electron chi connectivity index (χ3n) is 1.40. The lowest BCUT2D eigenvalue weighted by atomic mass is 10.4. The van der Waals surface area contributed by atoms with Crippen molar-refractivity contribution in [3.8, 4) is 0 Å². The van der Waals surface area contributed by atoms with Gasteiger partial charge in [0.1, 0.15) is 5.78 Å². The minimum atomic E-state index is 0.0127. The van der Waals surface area contributed by atoms with Gasteiger partial charge in [0.05, 0.1) is 13.1 Å². The van der Waals surface area contributed by atoms with E-state index < -0.39 is 0 Å². The zero-order valence-electron chi connectivity index (χ0n) is 8.13. The standard InChI is InChI=1S/C8H16N2O2/c1-7(11)5-10(4)6-8(12)9(2)3/h5-6H2,1-4H3. The maximum atomic E-state index is 11.1. The molecule has 1 amide bonds. The van der Waals surface area contributed by atoms with Gasteiger partial charge >= 0.3 is 0 Å². The number of hydrogen-bond acceptors (Lipinski definition) is 3. The Hall–Kier alpha value is -0.900. The number of hydrogen-bond donors (Lipinski definition) is 0. The van der Waals surface area contributed by atoms with Crippen LogP contribution in [0.15, 0.2) is 0 Å². The average Bonchev–Trinajstić information content (AvgIpc) is 1.84.